The lowest BCUT2D eigenvalue weighted by Crippen LogP contribution is -2.45. The normalized spacial score (nSPS) is 16.0. The molecule has 0 N–H and O–H groups in total. The van der Waals surface area contributed by atoms with E-state index in [4.69, 9.17) is 20.9 Å². The van der Waals surface area contributed by atoms with Crippen LogP contribution in [0.25, 0.3) is 11.6 Å². The Bertz CT molecular complexity index is 1020. The summed E-state index contributed by atoms with van der Waals surface area (Å²) in [7, 11) is 0. The Hall–Kier alpha value is -2.94. The summed E-state index contributed by atoms with van der Waals surface area (Å²) >= 11 is 5.89. The molecule has 0 spiro atoms. The Morgan fingerprint density at radius 2 is 1.90 bits per heavy atom. The lowest BCUT2D eigenvalue weighted by atomic mass is 10.0. The summed E-state index contributed by atoms with van der Waals surface area (Å²) < 4.78 is 12.9. The van der Waals surface area contributed by atoms with Crippen molar-refractivity contribution in [3.05, 3.63) is 41.3 Å². The summed E-state index contributed by atoms with van der Waals surface area (Å²) in [6.07, 6.45) is 2.82. The van der Waals surface area contributed by atoms with Crippen molar-refractivity contribution in [2.45, 2.75) is 51.7 Å². The number of amides is 1. The number of aromatic nitrogens is 5. The predicted octanol–water partition coefficient (Wildman–Crippen LogP) is 3.74. The van der Waals surface area contributed by atoms with Crippen molar-refractivity contribution in [3.63, 3.8) is 0 Å². The fourth-order valence-electron chi connectivity index (χ4n) is 3.50. The van der Waals surface area contributed by atoms with Crippen LogP contribution in [0.3, 0.4) is 0 Å². The van der Waals surface area contributed by atoms with Crippen molar-refractivity contribution in [1.29, 1.82) is 0 Å². The molecule has 1 atom stereocenters. The Morgan fingerprint density at radius 1 is 1.19 bits per heavy atom. The molecule has 1 amide bonds. The van der Waals surface area contributed by atoms with Crippen LogP contribution in [0.15, 0.2) is 35.0 Å². The third-order valence-electron chi connectivity index (χ3n) is 5.31. The maximum atomic E-state index is 12.8. The largest absolute Gasteiger partial charge is 0.481 e. The minimum atomic E-state index is -0.566. The van der Waals surface area contributed by atoms with Gasteiger partial charge in [-0.05, 0) is 44.0 Å². The molecule has 4 rings (SSSR count). The van der Waals surface area contributed by atoms with Crippen LogP contribution in [-0.2, 0) is 4.79 Å². The van der Waals surface area contributed by atoms with Gasteiger partial charge in [-0.25, -0.2) is 4.68 Å². The maximum Gasteiger partial charge on any atom is 0.280 e. The first-order valence-electron chi connectivity index (χ1n) is 10.4. The zero-order valence-electron chi connectivity index (χ0n) is 17.7. The zero-order valence-corrected chi connectivity index (χ0v) is 18.5. The molecule has 1 fully saturated rings. The Balaban J connectivity index is 1.32. The van der Waals surface area contributed by atoms with Crippen LogP contribution in [-0.4, -0.2) is 55.1 Å². The monoisotopic (exact) mass is 444 g/mol. The van der Waals surface area contributed by atoms with Crippen LogP contribution in [0, 0.1) is 0 Å². The Kier molecular flexibility index (Phi) is 6.22. The van der Waals surface area contributed by atoms with Gasteiger partial charge in [0, 0.05) is 24.0 Å². The van der Waals surface area contributed by atoms with E-state index in [1.165, 1.54) is 0 Å². The average Bonchev–Trinajstić information content (AvgIpc) is 3.45. The number of piperidine rings is 1. The van der Waals surface area contributed by atoms with Crippen molar-refractivity contribution in [2.24, 2.45) is 0 Å². The number of carbonyl (C=O) groups excluding carboxylic acids is 1. The van der Waals surface area contributed by atoms with Gasteiger partial charge in [0.2, 0.25) is 0 Å². The second-order valence-electron chi connectivity index (χ2n) is 7.97. The van der Waals surface area contributed by atoms with E-state index in [1.54, 1.807) is 31.2 Å². The molecular formula is C21H25ClN6O3. The third kappa shape index (κ3) is 4.87. The standard InChI is InChI=1S/C21H25ClN6O3/c1-13(2)19-23-20(31-25-19)18-12-28(26-24-18)16-8-10-27(11-9-16)21(29)14(3)30-17-6-4-15(22)5-7-17/h4-7,12-14,16H,8-11H2,1-3H3/t14-/m0/s1. The van der Waals surface area contributed by atoms with Crippen LogP contribution in [0.2, 0.25) is 5.02 Å². The van der Waals surface area contributed by atoms with Gasteiger partial charge in [-0.1, -0.05) is 35.8 Å². The summed E-state index contributed by atoms with van der Waals surface area (Å²) in [5.41, 5.74) is 0.558. The van der Waals surface area contributed by atoms with E-state index >= 15 is 0 Å². The van der Waals surface area contributed by atoms with E-state index in [-0.39, 0.29) is 17.9 Å². The quantitative estimate of drug-likeness (QED) is 0.571. The minimum Gasteiger partial charge on any atom is -0.481 e. The van der Waals surface area contributed by atoms with Gasteiger partial charge >= 0.3 is 0 Å². The molecule has 9 nitrogen and oxygen atoms in total. The molecule has 31 heavy (non-hydrogen) atoms. The highest BCUT2D eigenvalue weighted by Crippen LogP contribution is 2.25. The van der Waals surface area contributed by atoms with Gasteiger partial charge in [-0.2, -0.15) is 4.98 Å². The number of halogens is 1. The van der Waals surface area contributed by atoms with Crippen LogP contribution >= 0.6 is 11.6 Å². The predicted molar refractivity (Wildman–Crippen MR) is 114 cm³/mol. The second kappa shape index (κ2) is 9.05. The van der Waals surface area contributed by atoms with Gasteiger partial charge in [0.15, 0.2) is 17.6 Å². The van der Waals surface area contributed by atoms with E-state index < -0.39 is 6.10 Å². The number of likely N-dealkylation sites (tertiary alicyclic amines) is 1. The van der Waals surface area contributed by atoms with Crippen molar-refractivity contribution in [1.82, 2.24) is 30.0 Å². The number of ether oxygens (including phenoxy) is 1. The molecule has 0 unspecified atom stereocenters. The molecule has 10 heteroatoms. The van der Waals surface area contributed by atoms with E-state index in [2.05, 4.69) is 20.5 Å². The molecular weight excluding hydrogens is 420 g/mol. The molecule has 1 aliphatic heterocycles. The van der Waals surface area contributed by atoms with Gasteiger partial charge in [0.25, 0.3) is 11.8 Å². The van der Waals surface area contributed by atoms with Crippen LogP contribution in [0.4, 0.5) is 0 Å². The molecule has 0 aliphatic carbocycles. The highest BCUT2D eigenvalue weighted by Gasteiger charge is 2.28. The molecule has 1 saturated heterocycles. The molecule has 3 aromatic rings. The van der Waals surface area contributed by atoms with Gasteiger partial charge < -0.3 is 14.2 Å². The number of benzene rings is 1. The number of rotatable bonds is 6. The van der Waals surface area contributed by atoms with Gasteiger partial charge in [0.05, 0.1) is 12.2 Å². The first-order valence-corrected chi connectivity index (χ1v) is 10.8. The topological polar surface area (TPSA) is 99.2 Å². The fraction of sp³-hybridized carbons (Fsp3) is 0.476. The minimum absolute atomic E-state index is 0.0280. The zero-order chi connectivity index (χ0) is 22.0. The molecule has 2 aromatic heterocycles. The van der Waals surface area contributed by atoms with E-state index in [0.29, 0.717) is 41.3 Å². The number of hydrogen-bond donors (Lipinski definition) is 0. The lowest BCUT2D eigenvalue weighted by molar-refractivity contribution is -0.139. The summed E-state index contributed by atoms with van der Waals surface area (Å²) in [6, 6.07) is 7.15. The van der Waals surface area contributed by atoms with Gasteiger partial charge in [-0.15, -0.1) is 5.10 Å². The first-order chi connectivity index (χ1) is 14.9. The smallest absolute Gasteiger partial charge is 0.280 e. The van der Waals surface area contributed by atoms with Crippen molar-refractivity contribution < 1.29 is 14.1 Å². The molecule has 1 aromatic carbocycles. The third-order valence-corrected chi connectivity index (χ3v) is 5.56. The Morgan fingerprint density at radius 3 is 2.55 bits per heavy atom. The summed E-state index contributed by atoms with van der Waals surface area (Å²) in [6.45, 7) is 7.03. The number of nitrogens with zero attached hydrogens (tertiary/aromatic N) is 6. The van der Waals surface area contributed by atoms with E-state index in [0.717, 1.165) is 12.8 Å². The van der Waals surface area contributed by atoms with Crippen molar-refractivity contribution in [3.8, 4) is 17.3 Å². The summed E-state index contributed by atoms with van der Waals surface area (Å²) in [5.74, 6) is 1.79. The lowest BCUT2D eigenvalue weighted by Gasteiger charge is -2.33. The van der Waals surface area contributed by atoms with E-state index in [1.807, 2.05) is 29.6 Å². The Labute approximate surface area is 185 Å². The van der Waals surface area contributed by atoms with Crippen molar-refractivity contribution in [2.75, 3.05) is 13.1 Å². The van der Waals surface area contributed by atoms with Gasteiger partial charge in [0.1, 0.15) is 5.75 Å². The molecule has 3 heterocycles. The summed E-state index contributed by atoms with van der Waals surface area (Å²) in [4.78, 5) is 19.0. The van der Waals surface area contributed by atoms with Crippen LogP contribution in [0.5, 0.6) is 5.75 Å². The van der Waals surface area contributed by atoms with Gasteiger partial charge in [-0.3, -0.25) is 4.79 Å². The summed E-state index contributed by atoms with van der Waals surface area (Å²) in [5, 5.41) is 13.0. The average molecular weight is 445 g/mol. The molecule has 1 aliphatic rings. The molecule has 0 bridgehead atoms. The second-order valence-corrected chi connectivity index (χ2v) is 8.40. The highest BCUT2D eigenvalue weighted by molar-refractivity contribution is 6.30. The molecule has 0 radical (unpaired) electrons. The van der Waals surface area contributed by atoms with Crippen molar-refractivity contribution >= 4 is 17.5 Å². The van der Waals surface area contributed by atoms with Crippen LogP contribution < -0.4 is 4.74 Å². The molecule has 164 valence electrons. The fourth-order valence-corrected chi connectivity index (χ4v) is 3.63. The first kappa shape index (κ1) is 21.3. The van der Waals surface area contributed by atoms with Crippen LogP contribution in [0.1, 0.15) is 51.4 Å². The highest BCUT2D eigenvalue weighted by atomic mass is 35.5. The number of carbonyl (C=O) groups is 1. The molecule has 0 saturated carbocycles. The number of hydrogen-bond acceptors (Lipinski definition) is 7. The maximum absolute atomic E-state index is 12.8. The SMILES string of the molecule is CC(C)c1noc(-c2cn(C3CCN(C(=O)[C@H](C)Oc4ccc(Cl)cc4)CC3)nn2)n1. The van der Waals surface area contributed by atoms with E-state index in [9.17, 15) is 4.79 Å².